The maximum atomic E-state index is 5.56. The minimum atomic E-state index is -0.00931. The van der Waals surface area contributed by atoms with Crippen LogP contribution in [0.4, 0.5) is 0 Å². The molecule has 51 valence electrons. The Labute approximate surface area is 54.0 Å². The summed E-state index contributed by atoms with van der Waals surface area (Å²) in [6.45, 7) is 1.32. The van der Waals surface area contributed by atoms with E-state index in [1.165, 1.54) is 7.11 Å². The van der Waals surface area contributed by atoms with Crippen molar-refractivity contribution in [1.29, 1.82) is 0 Å². The lowest BCUT2D eigenvalue weighted by Gasteiger charge is -1.98. The van der Waals surface area contributed by atoms with Crippen LogP contribution < -0.4 is 11.1 Å². The summed E-state index contributed by atoms with van der Waals surface area (Å²) < 4.78 is 0. The van der Waals surface area contributed by atoms with Gasteiger partial charge in [-0.15, -0.1) is 0 Å². The highest BCUT2D eigenvalue weighted by atomic mass is 16.6. The van der Waals surface area contributed by atoms with E-state index in [0.717, 1.165) is 5.71 Å². The van der Waals surface area contributed by atoms with E-state index < -0.39 is 0 Å². The summed E-state index contributed by atoms with van der Waals surface area (Å²) in [5, 5.41) is 7.73. The molecular formula is C5H10N3O. The second-order valence-electron chi connectivity index (χ2n) is 1.94. The smallest absolute Gasteiger partial charge is 0.106 e. The molecule has 2 N–H and O–H groups in total. The number of nitrogens with two attached hydrogens (primary N) is 1. The van der Waals surface area contributed by atoms with E-state index in [4.69, 9.17) is 5.73 Å². The molecule has 0 bridgehead atoms. The summed E-state index contributed by atoms with van der Waals surface area (Å²) >= 11 is 0. The maximum absolute atomic E-state index is 5.56. The first-order chi connectivity index (χ1) is 4.34. The highest BCUT2D eigenvalue weighted by Crippen LogP contribution is 1.93. The standard InChI is InChI=1S/C5H10N3O/c1-9-8-5-3-7-2-4(5)6/h4H,2-3,6H2,1H3/b8-5-. The van der Waals surface area contributed by atoms with Crippen LogP contribution in [0, 0.1) is 0 Å². The van der Waals surface area contributed by atoms with E-state index in [9.17, 15) is 0 Å². The lowest BCUT2D eigenvalue weighted by molar-refractivity contribution is 0.212. The molecule has 1 rings (SSSR count). The molecule has 1 heterocycles. The van der Waals surface area contributed by atoms with E-state index in [2.05, 4.69) is 15.3 Å². The first-order valence-electron chi connectivity index (χ1n) is 2.83. The fourth-order valence-corrected chi connectivity index (χ4v) is 0.755. The third-order valence-corrected chi connectivity index (χ3v) is 1.24. The van der Waals surface area contributed by atoms with E-state index in [-0.39, 0.29) is 6.04 Å². The lowest BCUT2D eigenvalue weighted by atomic mass is 10.2. The first-order valence-corrected chi connectivity index (χ1v) is 2.83. The molecule has 4 nitrogen and oxygen atoms in total. The molecule has 0 amide bonds. The molecular weight excluding hydrogens is 118 g/mol. The summed E-state index contributed by atoms with van der Waals surface area (Å²) in [4.78, 5) is 4.54. The number of oxime groups is 1. The number of rotatable bonds is 1. The highest BCUT2D eigenvalue weighted by Gasteiger charge is 2.18. The van der Waals surface area contributed by atoms with Crippen molar-refractivity contribution in [3.8, 4) is 0 Å². The zero-order chi connectivity index (χ0) is 6.69. The van der Waals surface area contributed by atoms with Crippen molar-refractivity contribution in [2.45, 2.75) is 6.04 Å². The second kappa shape index (κ2) is 2.80. The van der Waals surface area contributed by atoms with E-state index in [0.29, 0.717) is 13.1 Å². The van der Waals surface area contributed by atoms with Crippen LogP contribution in [0.5, 0.6) is 0 Å². The van der Waals surface area contributed by atoms with Crippen molar-refractivity contribution in [3.63, 3.8) is 0 Å². The Bertz CT molecular complexity index is 123. The quantitative estimate of drug-likeness (QED) is 0.457. The van der Waals surface area contributed by atoms with Gasteiger partial charge in [0.25, 0.3) is 0 Å². The monoisotopic (exact) mass is 128 g/mol. The topological polar surface area (TPSA) is 61.7 Å². The number of hydrogen-bond acceptors (Lipinski definition) is 3. The normalized spacial score (nSPS) is 31.3. The van der Waals surface area contributed by atoms with Gasteiger partial charge in [0.2, 0.25) is 0 Å². The van der Waals surface area contributed by atoms with Crippen LogP contribution in [-0.4, -0.2) is 32.0 Å². The van der Waals surface area contributed by atoms with Gasteiger partial charge < -0.3 is 10.6 Å². The minimum absolute atomic E-state index is 0.00931. The van der Waals surface area contributed by atoms with Gasteiger partial charge in [0.05, 0.1) is 18.3 Å². The van der Waals surface area contributed by atoms with Gasteiger partial charge in [0, 0.05) is 6.54 Å². The van der Waals surface area contributed by atoms with Crippen molar-refractivity contribution in [2.24, 2.45) is 10.9 Å². The molecule has 1 saturated heterocycles. The van der Waals surface area contributed by atoms with Crippen LogP contribution in [0.3, 0.4) is 0 Å². The maximum Gasteiger partial charge on any atom is 0.106 e. The van der Waals surface area contributed by atoms with Crippen LogP contribution in [0.25, 0.3) is 0 Å². The Morgan fingerprint density at radius 3 is 3.11 bits per heavy atom. The molecule has 1 atom stereocenters. The van der Waals surface area contributed by atoms with Gasteiger partial charge in [-0.05, 0) is 0 Å². The average Bonchev–Trinajstić information content (AvgIpc) is 2.18. The Hall–Kier alpha value is -0.610. The Balaban J connectivity index is 2.48. The zero-order valence-corrected chi connectivity index (χ0v) is 5.37. The summed E-state index contributed by atoms with van der Waals surface area (Å²) in [7, 11) is 1.51. The van der Waals surface area contributed by atoms with Crippen LogP contribution in [-0.2, 0) is 4.84 Å². The van der Waals surface area contributed by atoms with Gasteiger partial charge in [0.1, 0.15) is 7.11 Å². The SMILES string of the molecule is CO/N=C1/C[N]CC1N. The van der Waals surface area contributed by atoms with Crippen LogP contribution >= 0.6 is 0 Å². The average molecular weight is 128 g/mol. The van der Waals surface area contributed by atoms with Gasteiger partial charge in [-0.3, -0.25) is 0 Å². The molecule has 0 aliphatic carbocycles. The lowest BCUT2D eigenvalue weighted by Crippen LogP contribution is -2.28. The predicted molar refractivity (Wildman–Crippen MR) is 34.3 cm³/mol. The third kappa shape index (κ3) is 1.40. The first kappa shape index (κ1) is 6.51. The molecule has 1 aliphatic rings. The summed E-state index contributed by atoms with van der Waals surface area (Å²) in [6.07, 6.45) is 0. The fraction of sp³-hybridized carbons (Fsp3) is 0.800. The van der Waals surface area contributed by atoms with Crippen molar-refractivity contribution in [1.82, 2.24) is 5.32 Å². The van der Waals surface area contributed by atoms with Crippen LogP contribution in [0.15, 0.2) is 5.16 Å². The van der Waals surface area contributed by atoms with Crippen molar-refractivity contribution < 1.29 is 4.84 Å². The second-order valence-corrected chi connectivity index (χ2v) is 1.94. The molecule has 0 spiro atoms. The van der Waals surface area contributed by atoms with Crippen LogP contribution in [0.1, 0.15) is 0 Å². The molecule has 0 aromatic carbocycles. The van der Waals surface area contributed by atoms with Gasteiger partial charge in [0.15, 0.2) is 0 Å². The molecule has 1 unspecified atom stereocenters. The largest absolute Gasteiger partial charge is 0.399 e. The molecule has 0 aromatic rings. The highest BCUT2D eigenvalue weighted by molar-refractivity contribution is 5.92. The van der Waals surface area contributed by atoms with Crippen molar-refractivity contribution in [2.75, 3.05) is 20.2 Å². The Kier molecular flexibility index (Phi) is 2.02. The van der Waals surface area contributed by atoms with Gasteiger partial charge in [-0.1, -0.05) is 5.16 Å². The minimum Gasteiger partial charge on any atom is -0.399 e. The molecule has 9 heavy (non-hydrogen) atoms. The van der Waals surface area contributed by atoms with Crippen molar-refractivity contribution >= 4 is 5.71 Å². The number of hydrogen-bond donors (Lipinski definition) is 1. The third-order valence-electron chi connectivity index (χ3n) is 1.24. The summed E-state index contributed by atoms with van der Waals surface area (Å²) in [6, 6.07) is -0.00931. The van der Waals surface area contributed by atoms with E-state index >= 15 is 0 Å². The zero-order valence-electron chi connectivity index (χ0n) is 5.37. The number of nitrogens with zero attached hydrogens (tertiary/aromatic N) is 2. The Morgan fingerprint density at radius 2 is 2.67 bits per heavy atom. The van der Waals surface area contributed by atoms with E-state index in [1.807, 2.05) is 0 Å². The van der Waals surface area contributed by atoms with Crippen molar-refractivity contribution in [3.05, 3.63) is 0 Å². The molecule has 1 fully saturated rings. The molecule has 0 saturated carbocycles. The molecule has 0 aromatic heterocycles. The molecule has 1 aliphatic heterocycles. The predicted octanol–water partition coefficient (Wildman–Crippen LogP) is -1.07. The van der Waals surface area contributed by atoms with Crippen LogP contribution in [0.2, 0.25) is 0 Å². The van der Waals surface area contributed by atoms with Gasteiger partial charge in [-0.2, -0.15) is 0 Å². The summed E-state index contributed by atoms with van der Waals surface area (Å²) in [5.74, 6) is 0. The fourth-order valence-electron chi connectivity index (χ4n) is 0.755. The molecule has 4 heteroatoms. The molecule has 1 radical (unpaired) electrons. The van der Waals surface area contributed by atoms with Gasteiger partial charge in [-0.25, -0.2) is 5.32 Å². The van der Waals surface area contributed by atoms with Gasteiger partial charge >= 0.3 is 0 Å². The van der Waals surface area contributed by atoms with E-state index in [1.54, 1.807) is 0 Å². The Morgan fingerprint density at radius 1 is 1.89 bits per heavy atom. The summed E-state index contributed by atoms with van der Waals surface area (Å²) in [5.41, 5.74) is 6.41.